The number of aliphatic carboxylic acids is 1. The predicted molar refractivity (Wildman–Crippen MR) is 69.7 cm³/mol. The molecule has 4 nitrogen and oxygen atoms in total. The number of carboxylic acids is 1. The smallest absolute Gasteiger partial charge is 0.320 e. The fourth-order valence-electron chi connectivity index (χ4n) is 1.31. The van der Waals surface area contributed by atoms with Crippen LogP contribution in [0, 0.1) is 0 Å². The van der Waals surface area contributed by atoms with Gasteiger partial charge in [-0.3, -0.25) is 4.79 Å². The molecule has 0 aromatic heterocycles. The maximum atomic E-state index is 10.6. The summed E-state index contributed by atoms with van der Waals surface area (Å²) in [4.78, 5) is 10.6. The third-order valence-corrected chi connectivity index (χ3v) is 2.80. The van der Waals surface area contributed by atoms with Gasteiger partial charge in [-0.1, -0.05) is 12.1 Å². The summed E-state index contributed by atoms with van der Waals surface area (Å²) in [5.41, 5.74) is 6.33. The summed E-state index contributed by atoms with van der Waals surface area (Å²) in [6.45, 7) is 1.93. The second kappa shape index (κ2) is 6.51. The molecule has 5 heteroatoms. The number of hydrogen-bond donors (Lipinski definition) is 3. The van der Waals surface area contributed by atoms with Crippen LogP contribution in [0.2, 0.25) is 0 Å². The van der Waals surface area contributed by atoms with Crippen LogP contribution in [0.15, 0.2) is 24.3 Å². The molecule has 2 unspecified atom stereocenters. The van der Waals surface area contributed by atoms with Crippen LogP contribution in [0.5, 0.6) is 5.75 Å². The molecule has 0 aliphatic rings. The van der Waals surface area contributed by atoms with Gasteiger partial charge >= 0.3 is 5.97 Å². The van der Waals surface area contributed by atoms with Crippen molar-refractivity contribution in [3.05, 3.63) is 29.8 Å². The van der Waals surface area contributed by atoms with Crippen LogP contribution in [0.25, 0.3) is 0 Å². The molecule has 1 aromatic rings. The van der Waals surface area contributed by atoms with Crippen molar-refractivity contribution in [2.24, 2.45) is 5.73 Å². The molecular weight excluding hydrogens is 238 g/mol. The van der Waals surface area contributed by atoms with E-state index in [1.54, 1.807) is 0 Å². The van der Waals surface area contributed by atoms with E-state index < -0.39 is 12.0 Å². The van der Waals surface area contributed by atoms with E-state index in [0.29, 0.717) is 12.2 Å². The predicted octanol–water partition coefficient (Wildman–Crippen LogP) is 1.34. The Kier molecular flexibility index (Phi) is 5.31. The zero-order valence-corrected chi connectivity index (χ0v) is 10.6. The van der Waals surface area contributed by atoms with Gasteiger partial charge in [0, 0.05) is 5.75 Å². The number of nitrogens with two attached hydrogens (primary N) is 1. The SMILES string of the molecule is CC(CS)Oc1ccc(CC(N)C(=O)O)cc1. The highest BCUT2D eigenvalue weighted by molar-refractivity contribution is 7.80. The average Bonchev–Trinajstić information content (AvgIpc) is 2.31. The van der Waals surface area contributed by atoms with Gasteiger partial charge in [-0.15, -0.1) is 0 Å². The van der Waals surface area contributed by atoms with Gasteiger partial charge in [-0.2, -0.15) is 12.6 Å². The highest BCUT2D eigenvalue weighted by atomic mass is 32.1. The van der Waals surface area contributed by atoms with E-state index in [1.165, 1.54) is 0 Å². The molecule has 0 aliphatic heterocycles. The molecule has 17 heavy (non-hydrogen) atoms. The van der Waals surface area contributed by atoms with Crippen molar-refractivity contribution in [1.29, 1.82) is 0 Å². The first kappa shape index (κ1) is 13.9. The van der Waals surface area contributed by atoms with Gasteiger partial charge in [0.15, 0.2) is 0 Å². The Hall–Kier alpha value is -1.20. The van der Waals surface area contributed by atoms with Crippen LogP contribution in [0.1, 0.15) is 12.5 Å². The number of rotatable bonds is 6. The maximum absolute atomic E-state index is 10.6. The monoisotopic (exact) mass is 255 g/mol. The van der Waals surface area contributed by atoms with E-state index >= 15 is 0 Å². The zero-order valence-electron chi connectivity index (χ0n) is 9.67. The summed E-state index contributed by atoms with van der Waals surface area (Å²) >= 11 is 4.13. The highest BCUT2D eigenvalue weighted by Gasteiger charge is 2.12. The number of carboxylic acid groups (broad SMARTS) is 1. The first-order valence-corrected chi connectivity index (χ1v) is 6.01. The molecule has 0 saturated heterocycles. The van der Waals surface area contributed by atoms with Crippen molar-refractivity contribution in [1.82, 2.24) is 0 Å². The lowest BCUT2D eigenvalue weighted by Gasteiger charge is -2.12. The van der Waals surface area contributed by atoms with Gasteiger partial charge in [0.05, 0.1) is 0 Å². The van der Waals surface area contributed by atoms with E-state index in [9.17, 15) is 4.79 Å². The van der Waals surface area contributed by atoms with Crippen LogP contribution in [0.4, 0.5) is 0 Å². The van der Waals surface area contributed by atoms with Crippen molar-refractivity contribution < 1.29 is 14.6 Å². The maximum Gasteiger partial charge on any atom is 0.320 e. The van der Waals surface area contributed by atoms with Crippen LogP contribution in [-0.2, 0) is 11.2 Å². The molecular formula is C12H17NO3S. The zero-order chi connectivity index (χ0) is 12.8. The lowest BCUT2D eigenvalue weighted by Crippen LogP contribution is -2.32. The third kappa shape index (κ3) is 4.66. The minimum Gasteiger partial charge on any atom is -0.490 e. The molecule has 0 spiro atoms. The molecule has 0 fully saturated rings. The molecule has 94 valence electrons. The van der Waals surface area contributed by atoms with Gasteiger partial charge in [-0.25, -0.2) is 0 Å². The van der Waals surface area contributed by atoms with Crippen molar-refractivity contribution in [3.63, 3.8) is 0 Å². The molecule has 0 heterocycles. The Morgan fingerprint density at radius 2 is 2.06 bits per heavy atom. The highest BCUT2D eigenvalue weighted by Crippen LogP contribution is 2.15. The topological polar surface area (TPSA) is 72.5 Å². The number of benzene rings is 1. The summed E-state index contributed by atoms with van der Waals surface area (Å²) in [5.74, 6) is 0.402. The lowest BCUT2D eigenvalue weighted by atomic mass is 10.1. The summed E-state index contributed by atoms with van der Waals surface area (Å²) in [6, 6.07) is 6.40. The molecule has 1 aromatic carbocycles. The second-order valence-corrected chi connectivity index (χ2v) is 4.27. The van der Waals surface area contributed by atoms with Gasteiger partial charge in [-0.05, 0) is 31.0 Å². The average molecular weight is 255 g/mol. The minimum absolute atomic E-state index is 0.0467. The fraction of sp³-hybridized carbons (Fsp3) is 0.417. The van der Waals surface area contributed by atoms with Crippen LogP contribution < -0.4 is 10.5 Å². The normalized spacial score (nSPS) is 14.1. The van der Waals surface area contributed by atoms with E-state index in [4.69, 9.17) is 15.6 Å². The van der Waals surface area contributed by atoms with Crippen molar-refractivity contribution in [3.8, 4) is 5.75 Å². The Morgan fingerprint density at radius 3 is 2.53 bits per heavy atom. The second-order valence-electron chi connectivity index (χ2n) is 3.90. The summed E-state index contributed by atoms with van der Waals surface area (Å²) in [7, 11) is 0. The van der Waals surface area contributed by atoms with Crippen molar-refractivity contribution in [2.45, 2.75) is 25.5 Å². The molecule has 3 N–H and O–H groups in total. The van der Waals surface area contributed by atoms with E-state index in [0.717, 1.165) is 11.3 Å². The molecule has 2 atom stereocenters. The summed E-state index contributed by atoms with van der Waals surface area (Å²) in [5, 5.41) is 8.69. The molecule has 0 amide bonds. The fourth-order valence-corrected chi connectivity index (χ4v) is 1.39. The van der Waals surface area contributed by atoms with Gasteiger partial charge in [0.1, 0.15) is 17.9 Å². The largest absolute Gasteiger partial charge is 0.490 e. The van der Waals surface area contributed by atoms with Gasteiger partial charge in [0.2, 0.25) is 0 Å². The lowest BCUT2D eigenvalue weighted by molar-refractivity contribution is -0.138. The number of hydrogen-bond acceptors (Lipinski definition) is 4. The molecule has 0 saturated carbocycles. The van der Waals surface area contributed by atoms with Gasteiger partial charge < -0.3 is 15.6 Å². The van der Waals surface area contributed by atoms with Crippen molar-refractivity contribution in [2.75, 3.05) is 5.75 Å². The van der Waals surface area contributed by atoms with E-state index in [2.05, 4.69) is 12.6 Å². The molecule has 0 radical (unpaired) electrons. The number of thiol groups is 1. The van der Waals surface area contributed by atoms with Crippen LogP contribution in [0.3, 0.4) is 0 Å². The van der Waals surface area contributed by atoms with E-state index in [1.807, 2.05) is 31.2 Å². The molecule has 0 bridgehead atoms. The Labute approximate surface area is 106 Å². The Balaban J connectivity index is 2.58. The first-order chi connectivity index (χ1) is 8.02. The van der Waals surface area contributed by atoms with Crippen molar-refractivity contribution >= 4 is 18.6 Å². The van der Waals surface area contributed by atoms with Crippen LogP contribution in [-0.4, -0.2) is 29.0 Å². The van der Waals surface area contributed by atoms with E-state index in [-0.39, 0.29) is 6.10 Å². The summed E-state index contributed by atoms with van der Waals surface area (Å²) < 4.78 is 5.55. The van der Waals surface area contributed by atoms with Gasteiger partial charge in [0.25, 0.3) is 0 Å². The minimum atomic E-state index is -0.992. The first-order valence-electron chi connectivity index (χ1n) is 5.37. The molecule has 0 aliphatic carbocycles. The number of ether oxygens (including phenoxy) is 1. The van der Waals surface area contributed by atoms with Crippen LogP contribution >= 0.6 is 12.6 Å². The standard InChI is InChI=1S/C12H17NO3S/c1-8(7-17)16-10-4-2-9(3-5-10)6-11(13)12(14)15/h2-5,8,11,17H,6-7,13H2,1H3,(H,14,15). The Morgan fingerprint density at radius 1 is 1.47 bits per heavy atom. The summed E-state index contributed by atoms with van der Waals surface area (Å²) in [6.07, 6.45) is 0.364. The molecule has 1 rings (SSSR count). The quantitative estimate of drug-likeness (QED) is 0.671. The third-order valence-electron chi connectivity index (χ3n) is 2.29. The Bertz CT molecular complexity index is 367. The number of carbonyl (C=O) groups is 1.